The van der Waals surface area contributed by atoms with Gasteiger partial charge in [0, 0.05) is 30.7 Å². The third-order valence-electron chi connectivity index (χ3n) is 6.16. The Labute approximate surface area is 167 Å². The zero-order chi connectivity index (χ0) is 19.5. The Balaban J connectivity index is 1.43. The van der Waals surface area contributed by atoms with Gasteiger partial charge in [-0.1, -0.05) is 12.1 Å². The molecule has 4 aromatic rings. The standard InChI is InChI=1S/C23H21N5O/c1-27-12-16-10-19(5-7-21(16)26-27)28-13-24-22-11-14(2-6-20(22)23(28)29)15-8-17-3-4-18(9-15)25-17/h2,5-8,10-13,17-18,25H,3-4,9H2,1H3. The molecule has 0 saturated carbocycles. The summed E-state index contributed by atoms with van der Waals surface area (Å²) in [5.41, 5.74) is 4.95. The second kappa shape index (κ2) is 6.12. The molecule has 0 radical (unpaired) electrons. The van der Waals surface area contributed by atoms with E-state index < -0.39 is 0 Å². The molecule has 6 nitrogen and oxygen atoms in total. The van der Waals surface area contributed by atoms with Crippen LogP contribution in [0.4, 0.5) is 0 Å². The molecule has 2 aromatic heterocycles. The molecule has 2 aliphatic heterocycles. The highest BCUT2D eigenvalue weighted by Crippen LogP contribution is 2.32. The average Bonchev–Trinajstić information content (AvgIpc) is 3.27. The smallest absolute Gasteiger partial charge is 0.265 e. The molecule has 2 aliphatic rings. The van der Waals surface area contributed by atoms with E-state index in [1.54, 1.807) is 15.6 Å². The molecule has 6 rings (SSSR count). The van der Waals surface area contributed by atoms with Gasteiger partial charge >= 0.3 is 0 Å². The molecule has 1 saturated heterocycles. The summed E-state index contributed by atoms with van der Waals surface area (Å²) in [5, 5.41) is 9.66. The minimum atomic E-state index is -0.0517. The lowest BCUT2D eigenvalue weighted by atomic mass is 9.95. The number of nitrogens with zero attached hydrogens (tertiary/aromatic N) is 4. The summed E-state index contributed by atoms with van der Waals surface area (Å²) in [4.78, 5) is 17.8. The number of fused-ring (bicyclic) bond motifs is 4. The van der Waals surface area contributed by atoms with Gasteiger partial charge in [0.05, 0.1) is 22.1 Å². The van der Waals surface area contributed by atoms with Crippen molar-refractivity contribution in [2.24, 2.45) is 7.05 Å². The summed E-state index contributed by atoms with van der Waals surface area (Å²) in [6.07, 6.45) is 9.42. The number of rotatable bonds is 2. The molecule has 6 heteroatoms. The van der Waals surface area contributed by atoms with Crippen LogP contribution < -0.4 is 10.9 Å². The van der Waals surface area contributed by atoms with Gasteiger partial charge in [0.15, 0.2) is 0 Å². The normalized spacial score (nSPS) is 21.1. The van der Waals surface area contributed by atoms with Crippen LogP contribution in [-0.4, -0.2) is 31.4 Å². The Kier molecular flexibility index (Phi) is 3.52. The van der Waals surface area contributed by atoms with Gasteiger partial charge in [0.1, 0.15) is 6.33 Å². The first kappa shape index (κ1) is 16.7. The molecule has 0 amide bonds. The maximum absolute atomic E-state index is 13.1. The fourth-order valence-corrected chi connectivity index (χ4v) is 4.72. The van der Waals surface area contributed by atoms with Gasteiger partial charge in [-0.05, 0) is 60.7 Å². The van der Waals surface area contributed by atoms with Crippen LogP contribution in [0.3, 0.4) is 0 Å². The number of aromatic nitrogens is 4. The van der Waals surface area contributed by atoms with Gasteiger partial charge in [-0.2, -0.15) is 5.10 Å². The van der Waals surface area contributed by atoms with Gasteiger partial charge in [0.2, 0.25) is 0 Å². The molecular formula is C23H21N5O. The van der Waals surface area contributed by atoms with Crippen molar-refractivity contribution in [2.45, 2.75) is 31.3 Å². The molecule has 0 aliphatic carbocycles. The third kappa shape index (κ3) is 2.71. The van der Waals surface area contributed by atoms with Crippen LogP contribution >= 0.6 is 0 Å². The highest BCUT2D eigenvalue weighted by atomic mass is 16.1. The zero-order valence-electron chi connectivity index (χ0n) is 16.2. The van der Waals surface area contributed by atoms with Gasteiger partial charge < -0.3 is 5.32 Å². The molecule has 4 heterocycles. The van der Waals surface area contributed by atoms with Crippen LogP contribution in [0.1, 0.15) is 24.8 Å². The van der Waals surface area contributed by atoms with E-state index >= 15 is 0 Å². The van der Waals surface area contributed by atoms with Gasteiger partial charge in [-0.25, -0.2) is 4.98 Å². The maximum atomic E-state index is 13.1. The predicted molar refractivity (Wildman–Crippen MR) is 114 cm³/mol. The van der Waals surface area contributed by atoms with Crippen LogP contribution in [0.5, 0.6) is 0 Å². The molecule has 2 bridgehead atoms. The topological polar surface area (TPSA) is 64.7 Å². The molecule has 2 atom stereocenters. The lowest BCUT2D eigenvalue weighted by Crippen LogP contribution is -2.31. The van der Waals surface area contributed by atoms with Crippen LogP contribution in [0.15, 0.2) is 59.8 Å². The van der Waals surface area contributed by atoms with Crippen molar-refractivity contribution >= 4 is 27.4 Å². The van der Waals surface area contributed by atoms with Crippen LogP contribution in [0, 0.1) is 0 Å². The van der Waals surface area contributed by atoms with E-state index in [0.29, 0.717) is 17.5 Å². The second-order valence-electron chi connectivity index (χ2n) is 8.14. The molecule has 2 unspecified atom stereocenters. The molecule has 0 spiro atoms. The first-order valence-corrected chi connectivity index (χ1v) is 10.1. The van der Waals surface area contributed by atoms with E-state index in [0.717, 1.165) is 28.5 Å². The van der Waals surface area contributed by atoms with Crippen molar-refractivity contribution in [1.82, 2.24) is 24.6 Å². The zero-order valence-corrected chi connectivity index (χ0v) is 16.2. The number of benzene rings is 2. The second-order valence-corrected chi connectivity index (χ2v) is 8.14. The van der Waals surface area contributed by atoms with E-state index in [1.807, 2.05) is 37.5 Å². The van der Waals surface area contributed by atoms with E-state index in [4.69, 9.17) is 0 Å². The Hall–Kier alpha value is -3.25. The largest absolute Gasteiger partial charge is 0.307 e. The fraction of sp³-hybridized carbons (Fsp3) is 0.261. The van der Waals surface area contributed by atoms with Crippen molar-refractivity contribution in [3.8, 4) is 5.69 Å². The summed E-state index contributed by atoms with van der Waals surface area (Å²) >= 11 is 0. The monoisotopic (exact) mass is 383 g/mol. The fourth-order valence-electron chi connectivity index (χ4n) is 4.72. The molecule has 2 aromatic carbocycles. The lowest BCUT2D eigenvalue weighted by molar-refractivity contribution is 0.575. The summed E-state index contributed by atoms with van der Waals surface area (Å²) in [6, 6.07) is 12.9. The summed E-state index contributed by atoms with van der Waals surface area (Å²) in [5.74, 6) is 0. The van der Waals surface area contributed by atoms with Crippen molar-refractivity contribution in [3.05, 3.63) is 70.9 Å². The molecule has 29 heavy (non-hydrogen) atoms. The molecular weight excluding hydrogens is 362 g/mol. The SMILES string of the molecule is Cn1cc2cc(-n3cnc4cc(C5=CC6CCC(C5)N6)ccc4c3=O)ccc2n1. The molecule has 1 N–H and O–H groups in total. The van der Waals surface area contributed by atoms with E-state index in [9.17, 15) is 4.79 Å². The van der Waals surface area contributed by atoms with Crippen molar-refractivity contribution in [2.75, 3.05) is 0 Å². The van der Waals surface area contributed by atoms with E-state index in [1.165, 1.54) is 24.0 Å². The Morgan fingerprint density at radius 2 is 2.03 bits per heavy atom. The number of hydrogen-bond acceptors (Lipinski definition) is 4. The van der Waals surface area contributed by atoms with Crippen molar-refractivity contribution in [3.63, 3.8) is 0 Å². The summed E-state index contributed by atoms with van der Waals surface area (Å²) in [6.45, 7) is 0. The number of aryl methyl sites for hydroxylation is 1. The van der Waals surface area contributed by atoms with Gasteiger partial charge in [-0.15, -0.1) is 0 Å². The Bertz CT molecular complexity index is 1360. The Morgan fingerprint density at radius 1 is 1.10 bits per heavy atom. The minimum Gasteiger partial charge on any atom is -0.307 e. The summed E-state index contributed by atoms with van der Waals surface area (Å²) < 4.78 is 3.39. The minimum absolute atomic E-state index is 0.0517. The van der Waals surface area contributed by atoms with Crippen molar-refractivity contribution in [1.29, 1.82) is 0 Å². The van der Waals surface area contributed by atoms with E-state index in [2.05, 4.69) is 33.6 Å². The van der Waals surface area contributed by atoms with Crippen molar-refractivity contribution < 1.29 is 0 Å². The molecule has 1 fully saturated rings. The average molecular weight is 383 g/mol. The maximum Gasteiger partial charge on any atom is 0.265 e. The number of hydrogen-bond donors (Lipinski definition) is 1. The predicted octanol–water partition coefficient (Wildman–Crippen LogP) is 3.18. The summed E-state index contributed by atoms with van der Waals surface area (Å²) in [7, 11) is 1.89. The quantitative estimate of drug-likeness (QED) is 0.577. The molecule has 144 valence electrons. The third-order valence-corrected chi connectivity index (χ3v) is 6.16. The van der Waals surface area contributed by atoms with E-state index in [-0.39, 0.29) is 5.56 Å². The van der Waals surface area contributed by atoms with Gasteiger partial charge in [-0.3, -0.25) is 14.0 Å². The first-order valence-electron chi connectivity index (χ1n) is 10.1. The Morgan fingerprint density at radius 3 is 2.93 bits per heavy atom. The van der Waals surface area contributed by atoms with Crippen LogP contribution in [0.2, 0.25) is 0 Å². The number of nitrogens with one attached hydrogen (secondary N) is 1. The highest BCUT2D eigenvalue weighted by Gasteiger charge is 2.28. The van der Waals surface area contributed by atoms with Crippen LogP contribution in [0.25, 0.3) is 33.1 Å². The first-order chi connectivity index (χ1) is 14.1. The lowest BCUT2D eigenvalue weighted by Gasteiger charge is -2.21. The van der Waals surface area contributed by atoms with Gasteiger partial charge in [0.25, 0.3) is 5.56 Å². The highest BCUT2D eigenvalue weighted by molar-refractivity contribution is 5.84. The van der Waals surface area contributed by atoms with Crippen LogP contribution in [-0.2, 0) is 7.05 Å².